The minimum Gasteiger partial charge on any atom is -0.497 e. The molecule has 0 fully saturated rings. The number of imide groups is 1. The molecule has 156 valence electrons. The lowest BCUT2D eigenvalue weighted by Crippen LogP contribution is -2.32. The highest BCUT2D eigenvalue weighted by molar-refractivity contribution is 6.46. The Labute approximate surface area is 178 Å². The van der Waals surface area contributed by atoms with E-state index in [-0.39, 0.29) is 11.3 Å². The second-order valence-electron chi connectivity index (χ2n) is 6.76. The molecule has 1 aliphatic rings. The van der Waals surface area contributed by atoms with Crippen LogP contribution in [-0.4, -0.2) is 26.0 Å². The number of rotatable bonds is 6. The van der Waals surface area contributed by atoms with Gasteiger partial charge in [0.2, 0.25) is 0 Å². The van der Waals surface area contributed by atoms with E-state index in [1.165, 1.54) is 25.3 Å². The Morgan fingerprint density at radius 1 is 0.806 bits per heavy atom. The van der Waals surface area contributed by atoms with Gasteiger partial charge in [-0.2, -0.15) is 0 Å². The zero-order valence-corrected chi connectivity index (χ0v) is 16.9. The average Bonchev–Trinajstić information content (AvgIpc) is 3.03. The molecule has 0 aliphatic carbocycles. The van der Waals surface area contributed by atoms with E-state index in [1.807, 2.05) is 0 Å². The molecule has 6 nitrogen and oxygen atoms in total. The highest BCUT2D eigenvalue weighted by Crippen LogP contribution is 2.35. The van der Waals surface area contributed by atoms with Crippen molar-refractivity contribution in [2.75, 3.05) is 24.4 Å². The number of carbonyl (C=O) groups excluding carboxylic acids is 2. The zero-order chi connectivity index (χ0) is 22.0. The van der Waals surface area contributed by atoms with Crippen LogP contribution < -0.4 is 19.7 Å². The summed E-state index contributed by atoms with van der Waals surface area (Å²) in [5, 5.41) is 2.93. The van der Waals surface area contributed by atoms with E-state index in [9.17, 15) is 14.0 Å². The van der Waals surface area contributed by atoms with Crippen LogP contribution >= 0.6 is 0 Å². The number of anilines is 2. The van der Waals surface area contributed by atoms with Crippen molar-refractivity contribution < 1.29 is 23.5 Å². The molecule has 0 unspecified atom stereocenters. The smallest absolute Gasteiger partial charge is 0.282 e. The number of hydrogen-bond donors (Lipinski definition) is 1. The van der Waals surface area contributed by atoms with Crippen molar-refractivity contribution in [1.29, 1.82) is 0 Å². The molecule has 3 aromatic carbocycles. The van der Waals surface area contributed by atoms with Crippen molar-refractivity contribution in [3.63, 3.8) is 0 Å². The third-order valence-electron chi connectivity index (χ3n) is 4.87. The summed E-state index contributed by atoms with van der Waals surface area (Å²) in [5.74, 6) is -0.380. The number of benzene rings is 3. The first-order valence-electron chi connectivity index (χ1n) is 9.46. The standard InChI is InChI=1S/C24H19FN2O4/c1-30-19-11-9-15(10-12-19)21-22(26-17-6-3-5-16(25)13-17)24(29)27(23(21)28)18-7-4-8-20(14-18)31-2/h3-14,26H,1-2H3. The van der Waals surface area contributed by atoms with E-state index >= 15 is 0 Å². The predicted octanol–water partition coefficient (Wildman–Crippen LogP) is 4.24. The summed E-state index contributed by atoms with van der Waals surface area (Å²) >= 11 is 0. The lowest BCUT2D eigenvalue weighted by molar-refractivity contribution is -0.120. The highest BCUT2D eigenvalue weighted by atomic mass is 19.1. The Bertz CT molecular complexity index is 1190. The molecule has 0 spiro atoms. The molecule has 0 bridgehead atoms. The first-order valence-corrected chi connectivity index (χ1v) is 9.46. The molecule has 3 aromatic rings. The van der Waals surface area contributed by atoms with Gasteiger partial charge in [0.1, 0.15) is 23.0 Å². The number of carbonyl (C=O) groups is 2. The minimum absolute atomic E-state index is 0.0589. The summed E-state index contributed by atoms with van der Waals surface area (Å²) in [6.45, 7) is 0. The lowest BCUT2D eigenvalue weighted by Gasteiger charge is -2.16. The van der Waals surface area contributed by atoms with Crippen molar-refractivity contribution in [2.45, 2.75) is 0 Å². The topological polar surface area (TPSA) is 67.9 Å². The van der Waals surface area contributed by atoms with Gasteiger partial charge in [0.05, 0.1) is 25.5 Å². The van der Waals surface area contributed by atoms with Crippen LogP contribution in [0.5, 0.6) is 11.5 Å². The Hall–Kier alpha value is -4.13. The van der Waals surface area contributed by atoms with Crippen LogP contribution in [0.2, 0.25) is 0 Å². The van der Waals surface area contributed by atoms with Gasteiger partial charge in [0, 0.05) is 11.8 Å². The Morgan fingerprint density at radius 3 is 2.19 bits per heavy atom. The maximum absolute atomic E-state index is 13.7. The summed E-state index contributed by atoms with van der Waals surface area (Å²) in [4.78, 5) is 27.8. The molecule has 1 heterocycles. The summed E-state index contributed by atoms with van der Waals surface area (Å²) < 4.78 is 24.1. The van der Waals surface area contributed by atoms with Crippen molar-refractivity contribution in [3.05, 3.63) is 89.9 Å². The van der Waals surface area contributed by atoms with Gasteiger partial charge in [0.25, 0.3) is 11.8 Å². The summed E-state index contributed by atoms with van der Waals surface area (Å²) in [6, 6.07) is 19.2. The number of methoxy groups -OCH3 is 2. The molecule has 1 aliphatic heterocycles. The van der Waals surface area contributed by atoms with Crippen LogP contribution in [-0.2, 0) is 9.59 Å². The molecule has 0 radical (unpaired) electrons. The van der Waals surface area contributed by atoms with Gasteiger partial charge >= 0.3 is 0 Å². The molecule has 0 saturated carbocycles. The molecule has 0 saturated heterocycles. The van der Waals surface area contributed by atoms with Gasteiger partial charge in [0.15, 0.2) is 0 Å². The molecular weight excluding hydrogens is 399 g/mol. The third kappa shape index (κ3) is 3.85. The van der Waals surface area contributed by atoms with Crippen LogP contribution in [0.1, 0.15) is 5.56 Å². The number of amides is 2. The van der Waals surface area contributed by atoms with Gasteiger partial charge in [-0.15, -0.1) is 0 Å². The van der Waals surface area contributed by atoms with Crippen molar-refractivity contribution in [2.24, 2.45) is 0 Å². The molecule has 7 heteroatoms. The van der Waals surface area contributed by atoms with Crippen LogP contribution in [0.25, 0.3) is 5.57 Å². The predicted molar refractivity (Wildman–Crippen MR) is 115 cm³/mol. The third-order valence-corrected chi connectivity index (χ3v) is 4.87. The van der Waals surface area contributed by atoms with Gasteiger partial charge in [-0.3, -0.25) is 9.59 Å². The second kappa shape index (κ2) is 8.31. The molecule has 1 N–H and O–H groups in total. The van der Waals surface area contributed by atoms with E-state index in [0.29, 0.717) is 28.4 Å². The summed E-state index contributed by atoms with van der Waals surface area (Å²) in [7, 11) is 3.05. The van der Waals surface area contributed by atoms with Crippen molar-refractivity contribution in [1.82, 2.24) is 0 Å². The molecular formula is C24H19FN2O4. The average molecular weight is 418 g/mol. The van der Waals surface area contributed by atoms with E-state index in [2.05, 4.69) is 5.32 Å². The number of ether oxygens (including phenoxy) is 2. The van der Waals surface area contributed by atoms with Gasteiger partial charge < -0.3 is 14.8 Å². The summed E-state index contributed by atoms with van der Waals surface area (Å²) in [5.41, 5.74) is 1.50. The van der Waals surface area contributed by atoms with Crippen LogP contribution in [0.15, 0.2) is 78.5 Å². The Balaban J connectivity index is 1.81. The SMILES string of the molecule is COc1ccc(C2=C(Nc3cccc(F)c3)C(=O)N(c3cccc(OC)c3)C2=O)cc1. The largest absolute Gasteiger partial charge is 0.497 e. The molecule has 0 aromatic heterocycles. The first-order chi connectivity index (χ1) is 15.0. The number of hydrogen-bond acceptors (Lipinski definition) is 5. The minimum atomic E-state index is -0.548. The van der Waals surface area contributed by atoms with Gasteiger partial charge in [-0.05, 0) is 48.0 Å². The number of halogens is 1. The maximum atomic E-state index is 13.7. The van der Waals surface area contributed by atoms with E-state index in [1.54, 1.807) is 61.7 Å². The number of nitrogens with zero attached hydrogens (tertiary/aromatic N) is 1. The monoisotopic (exact) mass is 418 g/mol. The van der Waals surface area contributed by atoms with Crippen LogP contribution in [0.3, 0.4) is 0 Å². The fraction of sp³-hybridized carbons (Fsp3) is 0.0833. The normalized spacial score (nSPS) is 13.6. The fourth-order valence-corrected chi connectivity index (χ4v) is 3.37. The molecule has 0 atom stereocenters. The molecule has 31 heavy (non-hydrogen) atoms. The maximum Gasteiger partial charge on any atom is 0.282 e. The van der Waals surface area contributed by atoms with E-state index in [0.717, 1.165) is 4.90 Å². The van der Waals surface area contributed by atoms with Crippen molar-refractivity contribution >= 4 is 28.8 Å². The highest BCUT2D eigenvalue weighted by Gasteiger charge is 2.40. The number of nitrogens with one attached hydrogen (secondary N) is 1. The summed E-state index contributed by atoms with van der Waals surface area (Å²) in [6.07, 6.45) is 0. The van der Waals surface area contributed by atoms with E-state index in [4.69, 9.17) is 9.47 Å². The Kier molecular flexibility index (Phi) is 5.41. The van der Waals surface area contributed by atoms with Crippen LogP contribution in [0, 0.1) is 5.82 Å². The second-order valence-corrected chi connectivity index (χ2v) is 6.76. The first kappa shape index (κ1) is 20.2. The zero-order valence-electron chi connectivity index (χ0n) is 16.9. The lowest BCUT2D eigenvalue weighted by atomic mass is 10.0. The quantitative estimate of drug-likeness (QED) is 0.607. The van der Waals surface area contributed by atoms with Gasteiger partial charge in [-0.1, -0.05) is 24.3 Å². The van der Waals surface area contributed by atoms with Crippen LogP contribution in [0.4, 0.5) is 15.8 Å². The molecule has 2 amide bonds. The van der Waals surface area contributed by atoms with Gasteiger partial charge in [-0.25, -0.2) is 9.29 Å². The van der Waals surface area contributed by atoms with Crippen molar-refractivity contribution in [3.8, 4) is 11.5 Å². The molecule has 4 rings (SSSR count). The van der Waals surface area contributed by atoms with E-state index < -0.39 is 17.6 Å². The fourth-order valence-electron chi connectivity index (χ4n) is 3.37. The Morgan fingerprint density at radius 2 is 1.52 bits per heavy atom.